The maximum absolute atomic E-state index is 5.79. The van der Waals surface area contributed by atoms with Crippen LogP contribution in [0, 0.1) is 0 Å². The molecule has 0 unspecified atom stereocenters. The zero-order valence-electron chi connectivity index (χ0n) is 7.20. The van der Waals surface area contributed by atoms with Crippen LogP contribution >= 0.6 is 0 Å². The molecule has 0 aliphatic heterocycles. The van der Waals surface area contributed by atoms with Crippen LogP contribution in [-0.2, 0) is 0 Å². The summed E-state index contributed by atoms with van der Waals surface area (Å²) in [5.74, 6) is 0. The van der Waals surface area contributed by atoms with Gasteiger partial charge in [-0.1, -0.05) is 6.08 Å². The van der Waals surface area contributed by atoms with Gasteiger partial charge in [0.05, 0.1) is 6.04 Å². The maximum Gasteiger partial charge on any atom is 0.0631 e. The highest BCUT2D eigenvalue weighted by molar-refractivity contribution is 5.79. The third kappa shape index (κ3) is 1.34. The van der Waals surface area contributed by atoms with E-state index in [-0.39, 0.29) is 6.04 Å². The first-order valence-corrected chi connectivity index (χ1v) is 4.12. The molecule has 2 rings (SSSR count). The van der Waals surface area contributed by atoms with Crippen LogP contribution in [0.1, 0.15) is 11.7 Å². The standard InChI is InChI=1S/C10H11N3/c1-2-8(11)10-5-7-6-12-4-3-9(7)13-10/h2-6,8,13H,1,11H2/t8-/m1/s1. The summed E-state index contributed by atoms with van der Waals surface area (Å²) in [6, 6.07) is 3.79. The van der Waals surface area contributed by atoms with Gasteiger partial charge in [0.1, 0.15) is 0 Å². The van der Waals surface area contributed by atoms with Crippen molar-refractivity contribution in [2.45, 2.75) is 6.04 Å². The Labute approximate surface area is 76.3 Å². The van der Waals surface area contributed by atoms with Crippen LogP contribution in [0.3, 0.4) is 0 Å². The Balaban J connectivity index is 2.55. The summed E-state index contributed by atoms with van der Waals surface area (Å²) in [4.78, 5) is 7.23. The van der Waals surface area contributed by atoms with E-state index in [4.69, 9.17) is 5.73 Å². The molecule has 0 radical (unpaired) electrons. The topological polar surface area (TPSA) is 54.7 Å². The number of pyridine rings is 1. The molecule has 0 spiro atoms. The second kappa shape index (κ2) is 3.03. The molecule has 2 heterocycles. The Hall–Kier alpha value is -1.61. The Bertz CT molecular complexity index is 397. The van der Waals surface area contributed by atoms with E-state index >= 15 is 0 Å². The lowest BCUT2D eigenvalue weighted by molar-refractivity contribution is 0.880. The summed E-state index contributed by atoms with van der Waals surface area (Å²) < 4.78 is 0. The molecule has 0 aliphatic carbocycles. The van der Waals surface area contributed by atoms with Crippen molar-refractivity contribution in [1.82, 2.24) is 9.97 Å². The quantitative estimate of drug-likeness (QED) is 0.680. The molecule has 66 valence electrons. The molecule has 13 heavy (non-hydrogen) atoms. The number of hydrogen-bond donors (Lipinski definition) is 2. The van der Waals surface area contributed by atoms with Crippen LogP contribution in [0.15, 0.2) is 37.2 Å². The molecule has 3 heteroatoms. The smallest absolute Gasteiger partial charge is 0.0631 e. The highest BCUT2D eigenvalue weighted by Crippen LogP contribution is 2.17. The van der Waals surface area contributed by atoms with Crippen LogP contribution in [0.25, 0.3) is 10.9 Å². The molecule has 0 aliphatic rings. The van der Waals surface area contributed by atoms with Gasteiger partial charge in [-0.2, -0.15) is 0 Å². The molecule has 3 nitrogen and oxygen atoms in total. The van der Waals surface area contributed by atoms with E-state index < -0.39 is 0 Å². The van der Waals surface area contributed by atoms with Crippen molar-refractivity contribution in [3.63, 3.8) is 0 Å². The number of aromatic amines is 1. The highest BCUT2D eigenvalue weighted by Gasteiger charge is 2.04. The van der Waals surface area contributed by atoms with Crippen molar-refractivity contribution in [3.05, 3.63) is 42.9 Å². The number of nitrogens with one attached hydrogen (secondary N) is 1. The number of aromatic nitrogens is 2. The van der Waals surface area contributed by atoms with Gasteiger partial charge in [-0.05, 0) is 12.1 Å². The summed E-state index contributed by atoms with van der Waals surface area (Å²) >= 11 is 0. The van der Waals surface area contributed by atoms with Crippen molar-refractivity contribution in [2.24, 2.45) is 5.73 Å². The largest absolute Gasteiger partial charge is 0.357 e. The molecule has 0 fully saturated rings. The monoisotopic (exact) mass is 173 g/mol. The van der Waals surface area contributed by atoms with Gasteiger partial charge in [-0.25, -0.2) is 0 Å². The molecule has 0 aromatic carbocycles. The Kier molecular flexibility index (Phi) is 1.87. The van der Waals surface area contributed by atoms with E-state index in [2.05, 4.69) is 16.5 Å². The average molecular weight is 173 g/mol. The first kappa shape index (κ1) is 8.01. The lowest BCUT2D eigenvalue weighted by Crippen LogP contribution is -2.06. The molecular formula is C10H11N3. The van der Waals surface area contributed by atoms with E-state index in [0.29, 0.717) is 0 Å². The third-order valence-electron chi connectivity index (χ3n) is 2.05. The van der Waals surface area contributed by atoms with E-state index in [1.807, 2.05) is 18.3 Å². The van der Waals surface area contributed by atoms with Crippen LogP contribution in [-0.4, -0.2) is 9.97 Å². The second-order valence-electron chi connectivity index (χ2n) is 2.95. The molecule has 0 saturated heterocycles. The van der Waals surface area contributed by atoms with Gasteiger partial charge in [0.25, 0.3) is 0 Å². The minimum absolute atomic E-state index is 0.132. The molecule has 0 bridgehead atoms. The minimum atomic E-state index is -0.132. The third-order valence-corrected chi connectivity index (χ3v) is 2.05. The summed E-state index contributed by atoms with van der Waals surface area (Å²) in [7, 11) is 0. The summed E-state index contributed by atoms with van der Waals surface area (Å²) in [6.07, 6.45) is 5.27. The van der Waals surface area contributed by atoms with Crippen molar-refractivity contribution < 1.29 is 0 Å². The van der Waals surface area contributed by atoms with Gasteiger partial charge in [0, 0.05) is 29.0 Å². The molecule has 0 saturated carbocycles. The van der Waals surface area contributed by atoms with Gasteiger partial charge in [0.15, 0.2) is 0 Å². The number of hydrogen-bond acceptors (Lipinski definition) is 2. The Morgan fingerprint density at radius 1 is 1.62 bits per heavy atom. The van der Waals surface area contributed by atoms with Gasteiger partial charge >= 0.3 is 0 Å². The molecule has 2 aromatic heterocycles. The van der Waals surface area contributed by atoms with Crippen molar-refractivity contribution in [2.75, 3.05) is 0 Å². The van der Waals surface area contributed by atoms with Crippen molar-refractivity contribution in [3.8, 4) is 0 Å². The van der Waals surface area contributed by atoms with Crippen LogP contribution in [0.4, 0.5) is 0 Å². The van der Waals surface area contributed by atoms with Crippen LogP contribution in [0.5, 0.6) is 0 Å². The van der Waals surface area contributed by atoms with Crippen LogP contribution < -0.4 is 5.73 Å². The minimum Gasteiger partial charge on any atom is -0.357 e. The molecule has 1 atom stereocenters. The highest BCUT2D eigenvalue weighted by atomic mass is 14.8. The van der Waals surface area contributed by atoms with Crippen molar-refractivity contribution >= 4 is 10.9 Å². The van der Waals surface area contributed by atoms with Gasteiger partial charge < -0.3 is 10.7 Å². The predicted octanol–water partition coefficient (Wildman–Crippen LogP) is 1.75. The molecule has 0 amide bonds. The zero-order chi connectivity index (χ0) is 9.26. The van der Waals surface area contributed by atoms with Gasteiger partial charge in [0.2, 0.25) is 0 Å². The van der Waals surface area contributed by atoms with Crippen LogP contribution in [0.2, 0.25) is 0 Å². The first-order chi connectivity index (χ1) is 6.31. The number of rotatable bonds is 2. The fourth-order valence-corrected chi connectivity index (χ4v) is 1.30. The first-order valence-electron chi connectivity index (χ1n) is 4.12. The molecular weight excluding hydrogens is 162 g/mol. The van der Waals surface area contributed by atoms with E-state index in [1.54, 1.807) is 12.3 Å². The predicted molar refractivity (Wildman–Crippen MR) is 53.2 cm³/mol. The van der Waals surface area contributed by atoms with Gasteiger partial charge in [-0.15, -0.1) is 6.58 Å². The summed E-state index contributed by atoms with van der Waals surface area (Å²) in [5.41, 5.74) is 7.82. The Morgan fingerprint density at radius 2 is 2.46 bits per heavy atom. The van der Waals surface area contributed by atoms with Gasteiger partial charge in [-0.3, -0.25) is 4.98 Å². The van der Waals surface area contributed by atoms with Crippen molar-refractivity contribution in [1.29, 1.82) is 0 Å². The summed E-state index contributed by atoms with van der Waals surface area (Å²) in [6.45, 7) is 3.65. The SMILES string of the molecule is C=C[C@@H](N)c1cc2cnccc2[nH]1. The zero-order valence-corrected chi connectivity index (χ0v) is 7.20. The van der Waals surface area contributed by atoms with E-state index in [9.17, 15) is 0 Å². The lowest BCUT2D eigenvalue weighted by Gasteiger charge is -2.00. The average Bonchev–Trinajstić information content (AvgIpc) is 2.59. The normalized spacial score (nSPS) is 13.0. The maximum atomic E-state index is 5.79. The molecule has 2 aromatic rings. The van der Waals surface area contributed by atoms with E-state index in [0.717, 1.165) is 16.6 Å². The number of nitrogens with two attached hydrogens (primary N) is 1. The number of nitrogens with zero attached hydrogens (tertiary/aromatic N) is 1. The fourth-order valence-electron chi connectivity index (χ4n) is 1.30. The fraction of sp³-hybridized carbons (Fsp3) is 0.100. The lowest BCUT2D eigenvalue weighted by atomic mass is 10.2. The number of H-pyrrole nitrogens is 1. The van der Waals surface area contributed by atoms with E-state index in [1.165, 1.54) is 0 Å². The summed E-state index contributed by atoms with van der Waals surface area (Å²) in [5, 5.41) is 1.08. The Morgan fingerprint density at radius 3 is 3.15 bits per heavy atom. The molecule has 3 N–H and O–H groups in total. The number of fused-ring (bicyclic) bond motifs is 1. The second-order valence-corrected chi connectivity index (χ2v) is 2.95.